The SMILES string of the molecule is [2H]C([2H])([2H])c1cc(-c2ccccc2)ccc1-n1c(-c2cc(C(C([2H])([2H])[2H])(C([2H])([2H])[2H])C([2H])([2H])[2H])cc(C(C([2H])([2H])[2H])(C([2H])([2H])[2H])C([2H])([2H])[2H])c2O)nc2c(-c3[c-]c(-c4cc(-c5cccc(C(C([2H])([2H])[2H])(C([2H])([2H])[2H])C([2H])([2H])[2H])c5)ccn4)cc(-c4ccccc4)c3)cccc21.[Pt]. The van der Waals surface area contributed by atoms with E-state index in [1.807, 2.05) is 0 Å². The Hall–Kier alpha value is -6.35. The van der Waals surface area contributed by atoms with Crippen LogP contribution in [0.1, 0.15) is 125 Å². The normalized spacial score (nSPS) is 20.7. The molecule has 9 rings (SSSR count). The van der Waals surface area contributed by atoms with Gasteiger partial charge in [-0.1, -0.05) is 194 Å². The van der Waals surface area contributed by atoms with E-state index in [9.17, 15) is 5.11 Å². The minimum Gasteiger partial charge on any atom is -0.507 e. The van der Waals surface area contributed by atoms with Crippen LogP contribution in [0, 0.1) is 12.9 Å². The van der Waals surface area contributed by atoms with Crippen LogP contribution in [-0.2, 0) is 37.3 Å². The zero-order chi connectivity index (χ0) is 70.8. The molecule has 0 saturated heterocycles. The van der Waals surface area contributed by atoms with Gasteiger partial charge in [-0.3, -0.25) is 9.55 Å². The Kier molecular flexibility index (Phi) is 5.92. The Balaban J connectivity index is 0.0000118. The first-order valence-electron chi connectivity index (χ1n) is 35.2. The summed E-state index contributed by atoms with van der Waals surface area (Å²) >= 11 is 0. The van der Waals surface area contributed by atoms with Gasteiger partial charge >= 0.3 is 0 Å². The van der Waals surface area contributed by atoms with Crippen molar-refractivity contribution in [1.82, 2.24) is 14.5 Å². The molecule has 0 spiro atoms. The van der Waals surface area contributed by atoms with Crippen molar-refractivity contribution in [3.05, 3.63) is 192 Å². The molecule has 9 aromatic rings. The molecule has 2 heterocycles. The van der Waals surface area contributed by atoms with Gasteiger partial charge in [0.2, 0.25) is 0 Å². The zero-order valence-corrected chi connectivity index (χ0v) is 37.0. The third kappa shape index (κ3) is 9.09. The quantitative estimate of drug-likeness (QED) is 0.162. The molecule has 0 bridgehead atoms. The van der Waals surface area contributed by atoms with E-state index in [0.717, 1.165) is 10.6 Å². The molecule has 0 amide bonds. The number of aryl methyl sites for hydroxylation is 1. The average Bonchev–Trinajstić information content (AvgIpc) is 0.798. The number of phenols is 1. The Morgan fingerprint density at radius 2 is 1.17 bits per heavy atom. The molecule has 0 radical (unpaired) electrons. The number of pyridine rings is 1. The van der Waals surface area contributed by atoms with Crippen LogP contribution in [-0.4, -0.2) is 19.6 Å². The third-order valence-corrected chi connectivity index (χ3v) is 11.1. The summed E-state index contributed by atoms with van der Waals surface area (Å²) in [4.78, 5) is 9.62. The number of phenolic OH excluding ortho intramolecular Hbond substituents is 1. The van der Waals surface area contributed by atoms with Crippen LogP contribution in [0.25, 0.3) is 83.9 Å². The van der Waals surface area contributed by atoms with Crippen molar-refractivity contribution >= 4 is 11.0 Å². The van der Waals surface area contributed by atoms with Crippen LogP contribution in [0.2, 0.25) is 0 Å². The number of para-hydroxylation sites is 1. The number of benzene rings is 7. The second kappa shape index (κ2) is 17.8. The van der Waals surface area contributed by atoms with Gasteiger partial charge in [-0.2, -0.15) is 0 Å². The molecule has 4 nitrogen and oxygen atoms in total. The topological polar surface area (TPSA) is 50.9 Å². The average molecular weight is 1070 g/mol. The van der Waals surface area contributed by atoms with Crippen LogP contribution in [0.4, 0.5) is 0 Å². The van der Waals surface area contributed by atoms with E-state index in [1.165, 1.54) is 72.9 Å². The van der Waals surface area contributed by atoms with Crippen LogP contribution < -0.4 is 0 Å². The fourth-order valence-electron chi connectivity index (χ4n) is 7.93. The van der Waals surface area contributed by atoms with Crippen molar-refractivity contribution < 1.29 is 67.3 Å². The Morgan fingerprint density at radius 3 is 1.88 bits per heavy atom. The van der Waals surface area contributed by atoms with Gasteiger partial charge in [0.05, 0.1) is 22.3 Å². The van der Waals surface area contributed by atoms with Gasteiger partial charge in [0.25, 0.3) is 0 Å². The van der Waals surface area contributed by atoms with Crippen LogP contribution in [0.5, 0.6) is 5.75 Å². The van der Waals surface area contributed by atoms with Gasteiger partial charge in [0.1, 0.15) is 11.6 Å². The summed E-state index contributed by atoms with van der Waals surface area (Å²) < 4.78 is 261. The molecule has 5 heteroatoms. The molecule has 1 N–H and O–H groups in total. The summed E-state index contributed by atoms with van der Waals surface area (Å²) in [5.41, 5.74) is -14.5. The van der Waals surface area contributed by atoms with Gasteiger partial charge in [-0.05, 0) is 97.9 Å². The smallest absolute Gasteiger partial charge is 0.148 e. The molecule has 66 heavy (non-hydrogen) atoms. The minimum atomic E-state index is -4.32. The molecule has 7 aromatic carbocycles. The third-order valence-electron chi connectivity index (χ3n) is 11.1. The maximum Gasteiger partial charge on any atom is 0.148 e. The van der Waals surface area contributed by atoms with Crippen molar-refractivity contribution in [3.8, 4) is 78.6 Å². The molecule has 0 atom stereocenters. The molecule has 0 fully saturated rings. The number of hydrogen-bond donors (Lipinski definition) is 1. The number of imidazole rings is 1. The Bertz CT molecular complexity index is 4250. The maximum atomic E-state index is 13.0. The van der Waals surface area contributed by atoms with Gasteiger partial charge in [0, 0.05) is 79.6 Å². The van der Waals surface area contributed by atoms with E-state index in [4.69, 9.17) is 46.1 Å². The first kappa shape index (κ1) is 22.0. The number of rotatable bonds is 7. The summed E-state index contributed by atoms with van der Waals surface area (Å²) in [6, 6.07) is 41.3. The first-order chi connectivity index (χ1) is 43.4. The Labute approximate surface area is 447 Å². The molecule has 334 valence electrons. The van der Waals surface area contributed by atoms with Crippen molar-refractivity contribution in [3.63, 3.8) is 0 Å². The molecular formula is C61H58N3OPt-. The van der Waals surface area contributed by atoms with Gasteiger partial charge in [0.15, 0.2) is 0 Å². The second-order valence-electron chi connectivity index (χ2n) is 15.8. The fraction of sp³-hybridized carbons (Fsp3) is 0.213. The molecular weight excluding hydrogens is 986 g/mol. The van der Waals surface area contributed by atoms with E-state index < -0.39 is 124 Å². The number of fused-ring (bicyclic) bond motifs is 1. The monoisotopic (exact) mass is 1070 g/mol. The predicted octanol–water partition coefficient (Wildman–Crippen LogP) is 16.1. The first-order valence-corrected chi connectivity index (χ1v) is 20.2. The van der Waals surface area contributed by atoms with E-state index in [0.29, 0.717) is 33.9 Å². The number of nitrogens with zero attached hydrogens (tertiary/aromatic N) is 3. The summed E-state index contributed by atoms with van der Waals surface area (Å²) in [5, 5.41) is 13.0. The zero-order valence-electron chi connectivity index (χ0n) is 64.7. The summed E-state index contributed by atoms with van der Waals surface area (Å²) in [6.45, 7) is -39.3. The predicted molar refractivity (Wildman–Crippen MR) is 273 cm³/mol. The number of aromatic hydroxyl groups is 1. The second-order valence-corrected chi connectivity index (χ2v) is 15.8. The largest absolute Gasteiger partial charge is 0.507 e. The molecule has 0 aliphatic rings. The van der Waals surface area contributed by atoms with E-state index in [1.54, 1.807) is 72.8 Å². The molecule has 0 aliphatic heterocycles. The number of hydrogen-bond acceptors (Lipinski definition) is 3. The summed E-state index contributed by atoms with van der Waals surface area (Å²) in [6.07, 6.45) is 1.37. The van der Waals surface area contributed by atoms with Crippen LogP contribution >= 0.6 is 0 Å². The number of aromatic nitrogens is 3. The molecule has 0 aliphatic carbocycles. The standard InChI is InChI=1S/C61H58N3O.Pt/c1-39-31-43(40-19-13-11-14-20-40)27-28-54(39)64-55-26-18-25-50(56(55)63-58(64)51-37-49(60(5,6)7)38-52(57(51)65)61(8,9)10)46-32-45(41-21-15-12-16-22-41)33-47(34-46)53-36-44(29-30-62-53)42-23-17-24-48(35-42)59(2,3)4;/h11-33,35-38,65H,1-10H3;/q-1;/i1D3,2D3,3D3,4D3,5D3,6D3,7D3,8D3,9D3,10D3;. The van der Waals surface area contributed by atoms with E-state index in [-0.39, 0.29) is 71.8 Å². The van der Waals surface area contributed by atoms with Crippen molar-refractivity contribution in [2.75, 3.05) is 0 Å². The summed E-state index contributed by atoms with van der Waals surface area (Å²) in [5.74, 6) is -2.35. The van der Waals surface area contributed by atoms with E-state index in [2.05, 4.69) is 11.1 Å². The van der Waals surface area contributed by atoms with Crippen LogP contribution in [0.15, 0.2) is 164 Å². The van der Waals surface area contributed by atoms with Crippen molar-refractivity contribution in [2.24, 2.45) is 0 Å². The van der Waals surface area contributed by atoms with Gasteiger partial charge in [-0.25, -0.2) is 4.98 Å². The van der Waals surface area contributed by atoms with Gasteiger partial charge in [-0.15, -0.1) is 23.8 Å². The maximum absolute atomic E-state index is 13.0. The molecule has 0 saturated carbocycles. The Morgan fingerprint density at radius 1 is 0.530 bits per heavy atom. The van der Waals surface area contributed by atoms with Crippen molar-refractivity contribution in [1.29, 1.82) is 0 Å². The van der Waals surface area contributed by atoms with Crippen LogP contribution in [0.3, 0.4) is 0 Å². The summed E-state index contributed by atoms with van der Waals surface area (Å²) in [7, 11) is 0. The van der Waals surface area contributed by atoms with Gasteiger partial charge < -0.3 is 5.11 Å². The molecule has 2 aromatic heterocycles. The van der Waals surface area contributed by atoms with Crippen molar-refractivity contribution in [2.45, 2.75) is 84.8 Å². The minimum absolute atomic E-state index is 0. The fourth-order valence-corrected chi connectivity index (χ4v) is 7.93. The molecule has 0 unspecified atom stereocenters. The van der Waals surface area contributed by atoms with E-state index >= 15 is 0 Å².